The van der Waals surface area contributed by atoms with E-state index in [1.807, 2.05) is 4.90 Å². The Labute approximate surface area is 98.3 Å². The normalized spacial score (nSPS) is 21.1. The van der Waals surface area contributed by atoms with Crippen molar-refractivity contribution >= 4 is 5.91 Å². The first-order valence-corrected chi connectivity index (χ1v) is 6.33. The molecule has 0 aliphatic carbocycles. The van der Waals surface area contributed by atoms with Crippen LogP contribution in [0.25, 0.3) is 0 Å². The first-order chi connectivity index (χ1) is 7.75. The van der Waals surface area contributed by atoms with E-state index in [1.165, 1.54) is 12.8 Å². The molecule has 0 bridgehead atoms. The van der Waals surface area contributed by atoms with Crippen LogP contribution >= 0.6 is 0 Å². The Hall–Kier alpha value is -0.610. The summed E-state index contributed by atoms with van der Waals surface area (Å²) in [7, 11) is 0. The smallest absolute Gasteiger partial charge is 0.248 e. The van der Waals surface area contributed by atoms with E-state index in [-0.39, 0.29) is 12.5 Å². The summed E-state index contributed by atoms with van der Waals surface area (Å²) in [6.45, 7) is 7.77. The topological polar surface area (TPSA) is 41.6 Å². The molecule has 1 amide bonds. The molecule has 4 heteroatoms. The molecule has 1 rings (SSSR count). The van der Waals surface area contributed by atoms with Crippen LogP contribution in [0.2, 0.25) is 0 Å². The molecular weight excluding hydrogens is 204 g/mol. The van der Waals surface area contributed by atoms with Gasteiger partial charge in [0.25, 0.3) is 0 Å². The Bertz CT molecular complexity index is 209. The highest BCUT2D eigenvalue weighted by Gasteiger charge is 2.22. The summed E-state index contributed by atoms with van der Waals surface area (Å²) in [6, 6.07) is 0.292. The molecule has 0 spiro atoms. The fourth-order valence-electron chi connectivity index (χ4n) is 1.91. The molecule has 0 aromatic rings. The second-order valence-corrected chi connectivity index (χ2v) is 4.40. The van der Waals surface area contributed by atoms with Crippen molar-refractivity contribution in [1.82, 2.24) is 10.2 Å². The minimum atomic E-state index is 0.130. The fourth-order valence-corrected chi connectivity index (χ4v) is 1.91. The Balaban J connectivity index is 2.13. The number of hydrogen-bond acceptors (Lipinski definition) is 3. The summed E-state index contributed by atoms with van der Waals surface area (Å²) in [5.41, 5.74) is 0. The van der Waals surface area contributed by atoms with Gasteiger partial charge >= 0.3 is 0 Å². The number of carbonyl (C=O) groups excluding carboxylic acids is 1. The Morgan fingerprint density at radius 2 is 2.31 bits per heavy atom. The maximum Gasteiger partial charge on any atom is 0.248 e. The van der Waals surface area contributed by atoms with Crippen LogP contribution < -0.4 is 5.32 Å². The molecule has 1 aliphatic rings. The number of ether oxygens (including phenoxy) is 1. The van der Waals surface area contributed by atoms with E-state index in [2.05, 4.69) is 19.2 Å². The summed E-state index contributed by atoms with van der Waals surface area (Å²) in [4.78, 5) is 13.7. The quantitative estimate of drug-likeness (QED) is 0.690. The average molecular weight is 228 g/mol. The maximum absolute atomic E-state index is 11.8. The predicted octanol–water partition coefficient (Wildman–Crippen LogP) is 1.01. The number of amides is 1. The van der Waals surface area contributed by atoms with Crippen LogP contribution in [-0.4, -0.2) is 49.7 Å². The lowest BCUT2D eigenvalue weighted by Gasteiger charge is -2.33. The highest BCUT2D eigenvalue weighted by Crippen LogP contribution is 2.03. The summed E-state index contributed by atoms with van der Waals surface area (Å²) in [5, 5.41) is 3.27. The molecule has 1 heterocycles. The van der Waals surface area contributed by atoms with Crippen molar-refractivity contribution in [2.24, 2.45) is 0 Å². The predicted molar refractivity (Wildman–Crippen MR) is 64.4 cm³/mol. The number of nitrogens with zero attached hydrogens (tertiary/aromatic N) is 1. The molecule has 1 N–H and O–H groups in total. The second kappa shape index (κ2) is 7.63. The van der Waals surface area contributed by atoms with Gasteiger partial charge in [-0.2, -0.15) is 0 Å². The number of piperazine rings is 1. The average Bonchev–Trinajstić information content (AvgIpc) is 2.29. The molecule has 1 unspecified atom stereocenters. The van der Waals surface area contributed by atoms with E-state index in [4.69, 9.17) is 4.74 Å². The maximum atomic E-state index is 11.8. The Kier molecular flexibility index (Phi) is 6.42. The molecular formula is C12H24N2O2. The first kappa shape index (κ1) is 13.5. The van der Waals surface area contributed by atoms with Crippen LogP contribution in [0.3, 0.4) is 0 Å². The molecule has 0 saturated carbocycles. The highest BCUT2D eigenvalue weighted by atomic mass is 16.5. The van der Waals surface area contributed by atoms with Crippen LogP contribution in [0.4, 0.5) is 0 Å². The van der Waals surface area contributed by atoms with E-state index >= 15 is 0 Å². The molecule has 1 saturated heterocycles. The lowest BCUT2D eigenvalue weighted by atomic mass is 10.2. The fraction of sp³-hybridized carbons (Fsp3) is 0.917. The van der Waals surface area contributed by atoms with Crippen molar-refractivity contribution in [1.29, 1.82) is 0 Å². The molecule has 4 nitrogen and oxygen atoms in total. The monoisotopic (exact) mass is 228 g/mol. The number of carbonyl (C=O) groups is 1. The Morgan fingerprint density at radius 1 is 1.50 bits per heavy atom. The molecule has 1 fully saturated rings. The highest BCUT2D eigenvalue weighted by molar-refractivity contribution is 5.77. The summed E-state index contributed by atoms with van der Waals surface area (Å²) in [5.74, 6) is 0.130. The third kappa shape index (κ3) is 4.49. The largest absolute Gasteiger partial charge is 0.372 e. The molecule has 0 aromatic carbocycles. The SMILES string of the molecule is CCCCCOCC(=O)N1CCNCC1C. The van der Waals surface area contributed by atoms with Crippen LogP contribution in [0.1, 0.15) is 33.1 Å². The molecule has 94 valence electrons. The Morgan fingerprint density at radius 3 is 3.00 bits per heavy atom. The van der Waals surface area contributed by atoms with Gasteiger partial charge in [0.15, 0.2) is 0 Å². The van der Waals surface area contributed by atoms with Crippen LogP contribution in [-0.2, 0) is 9.53 Å². The molecule has 0 radical (unpaired) electrons. The molecule has 1 aliphatic heterocycles. The summed E-state index contributed by atoms with van der Waals surface area (Å²) < 4.78 is 5.39. The van der Waals surface area contributed by atoms with Gasteiger partial charge in [-0.25, -0.2) is 0 Å². The molecule has 16 heavy (non-hydrogen) atoms. The lowest BCUT2D eigenvalue weighted by Crippen LogP contribution is -2.53. The van der Waals surface area contributed by atoms with Crippen molar-refractivity contribution < 1.29 is 9.53 Å². The zero-order valence-electron chi connectivity index (χ0n) is 10.5. The van der Waals surface area contributed by atoms with Gasteiger partial charge in [0.2, 0.25) is 5.91 Å². The van der Waals surface area contributed by atoms with Crippen molar-refractivity contribution in [2.75, 3.05) is 32.8 Å². The minimum absolute atomic E-state index is 0.130. The van der Waals surface area contributed by atoms with E-state index in [1.54, 1.807) is 0 Å². The van der Waals surface area contributed by atoms with Gasteiger partial charge in [-0.1, -0.05) is 19.8 Å². The summed E-state index contributed by atoms with van der Waals surface area (Å²) >= 11 is 0. The summed E-state index contributed by atoms with van der Waals surface area (Å²) in [6.07, 6.45) is 3.42. The van der Waals surface area contributed by atoms with E-state index < -0.39 is 0 Å². The molecule has 0 aromatic heterocycles. The van der Waals surface area contributed by atoms with Gasteiger partial charge in [0, 0.05) is 32.3 Å². The van der Waals surface area contributed by atoms with Gasteiger partial charge in [-0.15, -0.1) is 0 Å². The number of rotatable bonds is 6. The van der Waals surface area contributed by atoms with Gasteiger partial charge in [-0.3, -0.25) is 4.79 Å². The van der Waals surface area contributed by atoms with Crippen LogP contribution in [0.15, 0.2) is 0 Å². The van der Waals surface area contributed by atoms with Crippen molar-refractivity contribution in [3.05, 3.63) is 0 Å². The third-order valence-corrected chi connectivity index (χ3v) is 2.94. The zero-order chi connectivity index (χ0) is 11.8. The van der Waals surface area contributed by atoms with Gasteiger partial charge in [-0.05, 0) is 13.3 Å². The first-order valence-electron chi connectivity index (χ1n) is 6.33. The second-order valence-electron chi connectivity index (χ2n) is 4.40. The van der Waals surface area contributed by atoms with E-state index in [0.29, 0.717) is 12.6 Å². The van der Waals surface area contributed by atoms with Gasteiger partial charge < -0.3 is 15.0 Å². The standard InChI is InChI=1S/C12H24N2O2/c1-3-4-5-8-16-10-12(15)14-7-6-13-9-11(14)2/h11,13H,3-10H2,1-2H3. The van der Waals surface area contributed by atoms with Crippen molar-refractivity contribution in [3.63, 3.8) is 0 Å². The van der Waals surface area contributed by atoms with E-state index in [0.717, 1.165) is 26.1 Å². The molecule has 1 atom stereocenters. The number of nitrogens with one attached hydrogen (secondary N) is 1. The van der Waals surface area contributed by atoms with E-state index in [9.17, 15) is 4.79 Å². The van der Waals surface area contributed by atoms with Crippen LogP contribution in [0, 0.1) is 0 Å². The number of unbranched alkanes of at least 4 members (excludes halogenated alkanes) is 2. The van der Waals surface area contributed by atoms with Crippen molar-refractivity contribution in [3.8, 4) is 0 Å². The van der Waals surface area contributed by atoms with Gasteiger partial charge in [0.1, 0.15) is 6.61 Å². The van der Waals surface area contributed by atoms with Gasteiger partial charge in [0.05, 0.1) is 0 Å². The lowest BCUT2D eigenvalue weighted by molar-refractivity contribution is -0.139. The van der Waals surface area contributed by atoms with Crippen LogP contribution in [0.5, 0.6) is 0 Å². The third-order valence-electron chi connectivity index (χ3n) is 2.94. The number of hydrogen-bond donors (Lipinski definition) is 1. The zero-order valence-corrected chi connectivity index (χ0v) is 10.5. The van der Waals surface area contributed by atoms with Crippen molar-refractivity contribution in [2.45, 2.75) is 39.2 Å². The minimum Gasteiger partial charge on any atom is -0.372 e.